The highest BCUT2D eigenvalue weighted by Gasteiger charge is 2.27. The van der Waals surface area contributed by atoms with Crippen molar-refractivity contribution in [3.63, 3.8) is 0 Å². The molecule has 0 heterocycles. The average molecular weight is 445 g/mol. The molecule has 168 valence electrons. The van der Waals surface area contributed by atoms with Gasteiger partial charge < -0.3 is 10.2 Å². The Labute approximate surface area is 189 Å². The summed E-state index contributed by atoms with van der Waals surface area (Å²) in [6.45, 7) is 5.10. The molecule has 4 nitrogen and oxygen atoms in total. The Balaban J connectivity index is 2.04. The number of carbonyl (C=O) groups is 2. The highest BCUT2D eigenvalue weighted by molar-refractivity contribution is 7.99. The van der Waals surface area contributed by atoms with Crippen LogP contribution in [0.25, 0.3) is 0 Å². The Kier molecular flexibility index (Phi) is 11.1. The highest BCUT2D eigenvalue weighted by Crippen LogP contribution is 2.17. The summed E-state index contributed by atoms with van der Waals surface area (Å²) in [7, 11) is 0. The number of nitrogens with one attached hydrogen (secondary N) is 1. The van der Waals surface area contributed by atoms with Gasteiger partial charge in [0, 0.05) is 18.8 Å². The third kappa shape index (κ3) is 8.37. The molecule has 0 radical (unpaired) electrons. The van der Waals surface area contributed by atoms with Crippen LogP contribution in [0.5, 0.6) is 0 Å². The number of carbonyl (C=O) groups excluding carboxylic acids is 2. The number of amides is 2. The van der Waals surface area contributed by atoms with Crippen molar-refractivity contribution in [2.45, 2.75) is 51.3 Å². The van der Waals surface area contributed by atoms with Crippen molar-refractivity contribution in [3.05, 3.63) is 71.5 Å². The van der Waals surface area contributed by atoms with Crippen molar-refractivity contribution in [1.29, 1.82) is 0 Å². The number of unbranched alkanes of at least 4 members (excludes halogenated alkanes) is 1. The topological polar surface area (TPSA) is 49.4 Å². The van der Waals surface area contributed by atoms with Gasteiger partial charge in [0.25, 0.3) is 0 Å². The third-order valence-corrected chi connectivity index (χ3v) is 6.11. The van der Waals surface area contributed by atoms with Gasteiger partial charge in [0.1, 0.15) is 11.9 Å². The van der Waals surface area contributed by atoms with E-state index in [-0.39, 0.29) is 23.4 Å². The SMILES string of the molecule is CCCCNC(=O)[C@H](CC)N(CCc1ccccc1)C(=O)CSCc1ccccc1F. The van der Waals surface area contributed by atoms with Gasteiger partial charge in [-0.2, -0.15) is 0 Å². The molecule has 2 rings (SSSR count). The van der Waals surface area contributed by atoms with Gasteiger partial charge in [0.05, 0.1) is 5.75 Å². The molecule has 2 aromatic rings. The van der Waals surface area contributed by atoms with Crippen LogP contribution in [0.1, 0.15) is 44.2 Å². The molecule has 2 amide bonds. The molecule has 0 fully saturated rings. The normalized spacial score (nSPS) is 11.7. The molecule has 1 N–H and O–H groups in total. The highest BCUT2D eigenvalue weighted by atomic mass is 32.2. The monoisotopic (exact) mass is 444 g/mol. The lowest BCUT2D eigenvalue weighted by atomic mass is 10.1. The number of hydrogen-bond donors (Lipinski definition) is 1. The van der Waals surface area contributed by atoms with Crippen LogP contribution >= 0.6 is 11.8 Å². The van der Waals surface area contributed by atoms with Crippen molar-refractivity contribution in [2.24, 2.45) is 0 Å². The van der Waals surface area contributed by atoms with E-state index in [1.165, 1.54) is 17.8 Å². The van der Waals surface area contributed by atoms with Crippen molar-refractivity contribution in [3.8, 4) is 0 Å². The summed E-state index contributed by atoms with van der Waals surface area (Å²) in [5.74, 6) is 0.183. The van der Waals surface area contributed by atoms with Gasteiger partial charge in [-0.05, 0) is 36.5 Å². The fourth-order valence-electron chi connectivity index (χ4n) is 3.35. The molecule has 0 spiro atoms. The van der Waals surface area contributed by atoms with Crippen LogP contribution in [0.15, 0.2) is 54.6 Å². The Morgan fingerprint density at radius 3 is 2.45 bits per heavy atom. The second-order valence-electron chi connectivity index (χ2n) is 7.48. The lowest BCUT2D eigenvalue weighted by molar-refractivity contribution is -0.138. The zero-order chi connectivity index (χ0) is 22.5. The molecule has 0 aromatic heterocycles. The molecule has 0 aliphatic carbocycles. The first-order chi connectivity index (χ1) is 15.1. The maximum Gasteiger partial charge on any atom is 0.242 e. The number of thioether (sulfide) groups is 1. The van der Waals surface area contributed by atoms with Crippen LogP contribution in [0.2, 0.25) is 0 Å². The Hall–Kier alpha value is -2.34. The maximum absolute atomic E-state index is 13.9. The molecule has 0 aliphatic heterocycles. The van der Waals surface area contributed by atoms with E-state index in [4.69, 9.17) is 0 Å². The van der Waals surface area contributed by atoms with Gasteiger partial charge in [-0.25, -0.2) is 4.39 Å². The standard InChI is InChI=1S/C25H33FN2O2S/c1-3-5-16-27-25(30)23(4-2)28(17-15-20-11-7-6-8-12-20)24(29)19-31-18-21-13-9-10-14-22(21)26/h6-14,23H,3-5,15-19H2,1-2H3,(H,27,30)/t23-/m0/s1. The van der Waals surface area contributed by atoms with Crippen LogP contribution in [-0.4, -0.2) is 41.6 Å². The van der Waals surface area contributed by atoms with E-state index in [2.05, 4.69) is 12.2 Å². The number of nitrogens with zero attached hydrogens (tertiary/aromatic N) is 1. The van der Waals surface area contributed by atoms with Crippen molar-refractivity contribution in [2.75, 3.05) is 18.8 Å². The van der Waals surface area contributed by atoms with E-state index in [0.29, 0.717) is 37.2 Å². The van der Waals surface area contributed by atoms with Gasteiger partial charge in [0.2, 0.25) is 11.8 Å². The first kappa shape index (κ1) is 24.9. The summed E-state index contributed by atoms with van der Waals surface area (Å²) in [6.07, 6.45) is 3.15. The number of halogens is 1. The second-order valence-corrected chi connectivity index (χ2v) is 8.46. The van der Waals surface area contributed by atoms with E-state index in [1.54, 1.807) is 23.1 Å². The molecule has 1 atom stereocenters. The Bertz CT molecular complexity index is 816. The Morgan fingerprint density at radius 2 is 1.77 bits per heavy atom. The minimum atomic E-state index is -0.498. The van der Waals surface area contributed by atoms with Gasteiger partial charge in [-0.3, -0.25) is 9.59 Å². The lowest BCUT2D eigenvalue weighted by Crippen LogP contribution is -2.50. The summed E-state index contributed by atoms with van der Waals surface area (Å²) in [6, 6.07) is 16.1. The lowest BCUT2D eigenvalue weighted by Gasteiger charge is -2.30. The van der Waals surface area contributed by atoms with Crippen LogP contribution in [-0.2, 0) is 21.8 Å². The third-order valence-electron chi connectivity index (χ3n) is 5.14. The minimum absolute atomic E-state index is 0.0882. The van der Waals surface area contributed by atoms with Crippen molar-refractivity contribution >= 4 is 23.6 Å². The van der Waals surface area contributed by atoms with E-state index in [1.807, 2.05) is 37.3 Å². The van der Waals surface area contributed by atoms with Gasteiger partial charge in [-0.15, -0.1) is 11.8 Å². The Morgan fingerprint density at radius 1 is 1.06 bits per heavy atom. The molecule has 31 heavy (non-hydrogen) atoms. The average Bonchev–Trinajstić information content (AvgIpc) is 2.78. The summed E-state index contributed by atoms with van der Waals surface area (Å²) in [4.78, 5) is 27.6. The van der Waals surface area contributed by atoms with Crippen LogP contribution in [0, 0.1) is 5.82 Å². The number of hydrogen-bond acceptors (Lipinski definition) is 3. The fraction of sp³-hybridized carbons (Fsp3) is 0.440. The summed E-state index contributed by atoms with van der Waals surface area (Å²) in [5.41, 5.74) is 1.71. The second kappa shape index (κ2) is 13.9. The molecule has 0 saturated carbocycles. The van der Waals surface area contributed by atoms with E-state index in [9.17, 15) is 14.0 Å². The van der Waals surface area contributed by atoms with Gasteiger partial charge in [0.15, 0.2) is 0 Å². The van der Waals surface area contributed by atoms with E-state index < -0.39 is 6.04 Å². The predicted octanol–water partition coefficient (Wildman–Crippen LogP) is 4.83. The predicted molar refractivity (Wildman–Crippen MR) is 126 cm³/mol. The number of rotatable bonds is 13. The van der Waals surface area contributed by atoms with Crippen molar-refractivity contribution < 1.29 is 14.0 Å². The van der Waals surface area contributed by atoms with E-state index in [0.717, 1.165) is 18.4 Å². The smallest absolute Gasteiger partial charge is 0.242 e. The molecule has 6 heteroatoms. The molecule has 0 unspecified atom stereocenters. The largest absolute Gasteiger partial charge is 0.354 e. The van der Waals surface area contributed by atoms with Crippen LogP contribution in [0.4, 0.5) is 4.39 Å². The molecule has 0 aliphatic rings. The first-order valence-corrected chi connectivity index (χ1v) is 12.1. The first-order valence-electron chi connectivity index (χ1n) is 11.0. The molecular weight excluding hydrogens is 411 g/mol. The van der Waals surface area contributed by atoms with Crippen LogP contribution < -0.4 is 5.32 Å². The maximum atomic E-state index is 13.9. The van der Waals surface area contributed by atoms with Gasteiger partial charge >= 0.3 is 0 Å². The molecule has 2 aromatic carbocycles. The molecule has 0 saturated heterocycles. The van der Waals surface area contributed by atoms with E-state index >= 15 is 0 Å². The van der Waals surface area contributed by atoms with Gasteiger partial charge in [-0.1, -0.05) is 68.8 Å². The quantitative estimate of drug-likeness (QED) is 0.451. The summed E-state index contributed by atoms with van der Waals surface area (Å²) in [5, 5.41) is 2.97. The zero-order valence-corrected chi connectivity index (χ0v) is 19.3. The summed E-state index contributed by atoms with van der Waals surface area (Å²) < 4.78 is 13.9. The summed E-state index contributed by atoms with van der Waals surface area (Å²) >= 11 is 1.38. The zero-order valence-electron chi connectivity index (χ0n) is 18.5. The molecule has 0 bridgehead atoms. The fourth-order valence-corrected chi connectivity index (χ4v) is 4.25. The van der Waals surface area contributed by atoms with Crippen molar-refractivity contribution in [1.82, 2.24) is 10.2 Å². The molecular formula is C25H33FN2O2S. The minimum Gasteiger partial charge on any atom is -0.354 e. The van der Waals surface area contributed by atoms with Crippen LogP contribution in [0.3, 0.4) is 0 Å². The number of benzene rings is 2.